The second kappa shape index (κ2) is 15.0. The van der Waals surface area contributed by atoms with Crippen molar-refractivity contribution in [2.24, 2.45) is 0 Å². The third-order valence-corrected chi connectivity index (χ3v) is 7.90. The summed E-state index contributed by atoms with van der Waals surface area (Å²) in [5.74, 6) is -0.0547. The van der Waals surface area contributed by atoms with Gasteiger partial charge in [0.25, 0.3) is 0 Å². The number of fused-ring (bicyclic) bond motifs is 1. The van der Waals surface area contributed by atoms with Crippen molar-refractivity contribution in [1.29, 1.82) is 0 Å². The number of carbonyl (C=O) groups is 1. The van der Waals surface area contributed by atoms with Crippen molar-refractivity contribution in [1.82, 2.24) is 20.2 Å². The predicted octanol–water partition coefficient (Wildman–Crippen LogP) is 7.86. The van der Waals surface area contributed by atoms with Crippen LogP contribution < -0.4 is 5.32 Å². The quantitative estimate of drug-likeness (QED) is 0.121. The topological polar surface area (TPSA) is 61.0 Å². The van der Waals surface area contributed by atoms with Crippen molar-refractivity contribution in [3.05, 3.63) is 107 Å². The summed E-state index contributed by atoms with van der Waals surface area (Å²) in [7, 11) is 0. The van der Waals surface area contributed by atoms with Gasteiger partial charge in [-0.1, -0.05) is 75.7 Å². The van der Waals surface area contributed by atoms with Gasteiger partial charge in [-0.3, -0.25) is 14.7 Å². The maximum absolute atomic E-state index is 12.0. The van der Waals surface area contributed by atoms with Crippen molar-refractivity contribution in [3.8, 4) is 0 Å². The zero-order valence-electron chi connectivity index (χ0n) is 26.1. The number of aromatic nitrogens is 2. The van der Waals surface area contributed by atoms with Crippen molar-refractivity contribution in [2.75, 3.05) is 13.1 Å². The molecule has 222 valence electrons. The van der Waals surface area contributed by atoms with E-state index in [1.807, 2.05) is 12.1 Å². The zero-order chi connectivity index (χ0) is 30.0. The smallest absolute Gasteiger partial charge is 0.243 e. The van der Waals surface area contributed by atoms with Gasteiger partial charge in [-0.2, -0.15) is 0 Å². The van der Waals surface area contributed by atoms with Crippen LogP contribution in [0.1, 0.15) is 81.8 Å². The number of benzene rings is 2. The first-order valence-corrected chi connectivity index (χ1v) is 15.5. The molecule has 0 unspecified atom stereocenters. The highest BCUT2D eigenvalue weighted by molar-refractivity contribution is 5.91. The van der Waals surface area contributed by atoms with Crippen LogP contribution in [-0.2, 0) is 29.6 Å². The molecule has 0 aliphatic carbocycles. The number of carbonyl (C=O) groups excluding carboxylic acids is 1. The summed E-state index contributed by atoms with van der Waals surface area (Å²) in [5, 5.41) is 4.33. The van der Waals surface area contributed by atoms with E-state index in [0.717, 1.165) is 50.8 Å². The number of amides is 1. The fraction of sp³-hybridized carbons (Fsp3) is 0.405. The summed E-state index contributed by atoms with van der Waals surface area (Å²) in [6.45, 7) is 14.2. The van der Waals surface area contributed by atoms with Crippen LogP contribution in [0.4, 0.5) is 0 Å². The molecule has 2 aromatic carbocycles. The third kappa shape index (κ3) is 9.15. The second-order valence-corrected chi connectivity index (χ2v) is 12.6. The van der Waals surface area contributed by atoms with Crippen molar-refractivity contribution >= 4 is 22.9 Å². The predicted molar refractivity (Wildman–Crippen MR) is 177 cm³/mol. The molecule has 1 amide bonds. The maximum Gasteiger partial charge on any atom is 0.243 e. The maximum atomic E-state index is 12.0. The molecule has 0 atom stereocenters. The molecule has 2 N–H and O–H groups in total. The van der Waals surface area contributed by atoms with E-state index in [2.05, 4.69) is 103 Å². The number of nitrogens with zero attached hydrogens (tertiary/aromatic N) is 2. The monoisotopic (exact) mass is 564 g/mol. The summed E-state index contributed by atoms with van der Waals surface area (Å²) in [6, 6.07) is 22.1. The van der Waals surface area contributed by atoms with Gasteiger partial charge in [0.05, 0.1) is 0 Å². The molecule has 0 fully saturated rings. The van der Waals surface area contributed by atoms with Gasteiger partial charge in [0.1, 0.15) is 0 Å². The lowest BCUT2D eigenvalue weighted by molar-refractivity contribution is -0.116. The molecular formula is C37H48N4O. The first-order valence-electron chi connectivity index (χ1n) is 15.5. The summed E-state index contributed by atoms with van der Waals surface area (Å²) in [6.07, 6.45) is 12.1. The Morgan fingerprint density at radius 1 is 0.952 bits per heavy atom. The number of unbranched alkanes of at least 4 members (excludes halogenated alkanes) is 2. The largest absolute Gasteiger partial charge is 0.358 e. The van der Waals surface area contributed by atoms with Gasteiger partial charge < -0.3 is 10.3 Å². The lowest BCUT2D eigenvalue weighted by Crippen LogP contribution is -2.32. The molecule has 42 heavy (non-hydrogen) atoms. The van der Waals surface area contributed by atoms with Gasteiger partial charge in [0, 0.05) is 66.2 Å². The van der Waals surface area contributed by atoms with Crippen LogP contribution in [0.15, 0.2) is 79.1 Å². The van der Waals surface area contributed by atoms with E-state index in [9.17, 15) is 4.79 Å². The van der Waals surface area contributed by atoms with Crippen molar-refractivity contribution in [2.45, 2.75) is 84.7 Å². The zero-order valence-corrected chi connectivity index (χ0v) is 26.1. The number of rotatable bonds is 14. The Bertz CT molecular complexity index is 1430. The van der Waals surface area contributed by atoms with Gasteiger partial charge in [-0.15, -0.1) is 0 Å². The Kier molecular flexibility index (Phi) is 11.1. The van der Waals surface area contributed by atoms with Crippen LogP contribution in [0, 0.1) is 0 Å². The first-order chi connectivity index (χ1) is 20.2. The lowest BCUT2D eigenvalue weighted by atomic mass is 9.88. The van der Waals surface area contributed by atoms with E-state index in [1.54, 1.807) is 24.5 Å². The molecule has 0 saturated heterocycles. The molecule has 2 heterocycles. The molecule has 0 saturated carbocycles. The first kappa shape index (κ1) is 31.2. The number of hydrogen-bond acceptors (Lipinski definition) is 3. The van der Waals surface area contributed by atoms with Crippen LogP contribution >= 0.6 is 0 Å². The lowest BCUT2D eigenvalue weighted by Gasteiger charge is -2.28. The van der Waals surface area contributed by atoms with E-state index in [-0.39, 0.29) is 11.3 Å². The summed E-state index contributed by atoms with van der Waals surface area (Å²) >= 11 is 0. The van der Waals surface area contributed by atoms with Crippen LogP contribution in [-0.4, -0.2) is 39.9 Å². The number of aromatic amines is 1. The van der Waals surface area contributed by atoms with E-state index >= 15 is 0 Å². The molecule has 0 spiro atoms. The molecule has 2 aromatic heterocycles. The Hall–Kier alpha value is -3.70. The number of para-hydroxylation sites is 1. The Morgan fingerprint density at radius 3 is 2.43 bits per heavy atom. The van der Waals surface area contributed by atoms with E-state index in [4.69, 9.17) is 0 Å². The highest BCUT2D eigenvalue weighted by atomic mass is 16.1. The van der Waals surface area contributed by atoms with Crippen molar-refractivity contribution in [3.63, 3.8) is 0 Å². The second-order valence-electron chi connectivity index (χ2n) is 12.6. The van der Waals surface area contributed by atoms with Crippen LogP contribution in [0.5, 0.6) is 0 Å². The van der Waals surface area contributed by atoms with Crippen LogP contribution in [0.3, 0.4) is 0 Å². The number of aryl methyl sites for hydroxylation is 1. The minimum atomic E-state index is -0.0547. The summed E-state index contributed by atoms with van der Waals surface area (Å²) < 4.78 is 0. The molecule has 0 aliphatic rings. The molecule has 4 aromatic rings. The van der Waals surface area contributed by atoms with Gasteiger partial charge in [0.2, 0.25) is 5.91 Å². The average molecular weight is 565 g/mol. The van der Waals surface area contributed by atoms with Crippen LogP contribution in [0.2, 0.25) is 0 Å². The fourth-order valence-electron chi connectivity index (χ4n) is 5.47. The minimum Gasteiger partial charge on any atom is -0.358 e. The highest BCUT2D eigenvalue weighted by Crippen LogP contribution is 2.32. The molecule has 4 rings (SSSR count). The normalized spacial score (nSPS) is 12.2. The van der Waals surface area contributed by atoms with Gasteiger partial charge in [-0.05, 0) is 80.0 Å². The average Bonchev–Trinajstić information content (AvgIpc) is 3.36. The number of nitrogens with one attached hydrogen (secondary N) is 2. The molecule has 5 heteroatoms. The molecule has 5 nitrogen and oxygen atoms in total. The number of pyridine rings is 1. The molecule has 0 radical (unpaired) electrons. The van der Waals surface area contributed by atoms with Gasteiger partial charge >= 0.3 is 0 Å². The molecule has 0 bridgehead atoms. The fourth-order valence-corrected chi connectivity index (χ4v) is 5.47. The Morgan fingerprint density at radius 2 is 1.71 bits per heavy atom. The van der Waals surface area contributed by atoms with Gasteiger partial charge in [0.15, 0.2) is 0 Å². The standard InChI is InChI=1S/C37H48N4O/c1-28(2)41(25-22-33-32-14-8-9-15-34(32)40-36(33)37(3,4)5)27-31-18-16-29(17-19-31)12-7-6-10-24-39-35(42)21-20-30-13-11-23-38-26-30/h8-9,11,13-21,23,26,28,40H,6-7,10,12,22,24-25,27H2,1-5H3,(H,39,42)/b21-20+. The SMILES string of the molecule is CC(C)N(CCc1c(C(C)(C)C)[nH]c2ccccc12)Cc1ccc(CCCCCNC(=O)/C=C/c2cccnc2)cc1. The Labute approximate surface area is 252 Å². The third-order valence-electron chi connectivity index (χ3n) is 7.90. The highest BCUT2D eigenvalue weighted by Gasteiger charge is 2.23. The molecule has 0 aliphatic heterocycles. The number of H-pyrrole nitrogens is 1. The van der Waals surface area contributed by atoms with E-state index < -0.39 is 0 Å². The number of hydrogen-bond donors (Lipinski definition) is 2. The summed E-state index contributed by atoms with van der Waals surface area (Å²) in [5.41, 5.74) is 7.81. The van der Waals surface area contributed by atoms with E-state index in [0.29, 0.717) is 12.6 Å². The molecular weight excluding hydrogens is 516 g/mol. The Balaban J connectivity index is 1.21. The minimum absolute atomic E-state index is 0.0547. The van der Waals surface area contributed by atoms with Crippen molar-refractivity contribution < 1.29 is 4.79 Å². The summed E-state index contributed by atoms with van der Waals surface area (Å²) in [4.78, 5) is 22.4. The van der Waals surface area contributed by atoms with E-state index in [1.165, 1.54) is 33.3 Å². The van der Waals surface area contributed by atoms with Gasteiger partial charge in [-0.25, -0.2) is 0 Å². The van der Waals surface area contributed by atoms with Crippen LogP contribution in [0.25, 0.3) is 17.0 Å².